The van der Waals surface area contributed by atoms with Crippen LogP contribution in [0.15, 0.2) is 12.1 Å². The van der Waals surface area contributed by atoms with E-state index in [1.807, 2.05) is 0 Å². The monoisotopic (exact) mass is 284 g/mol. The van der Waals surface area contributed by atoms with Crippen LogP contribution in [-0.4, -0.2) is 33.3 Å². The van der Waals surface area contributed by atoms with Gasteiger partial charge in [0.05, 0.1) is 16.1 Å². The van der Waals surface area contributed by atoms with Crippen molar-refractivity contribution in [3.8, 4) is 0 Å². The molecule has 0 spiro atoms. The molecule has 0 heterocycles. The molecule has 0 atom stereocenters. The van der Waals surface area contributed by atoms with Crippen molar-refractivity contribution >= 4 is 39.1 Å². The van der Waals surface area contributed by atoms with Gasteiger partial charge in [0.1, 0.15) is 5.82 Å². The van der Waals surface area contributed by atoms with Crippen LogP contribution < -0.4 is 15.8 Å². The second-order valence-electron chi connectivity index (χ2n) is 6.80. The summed E-state index contributed by atoms with van der Waals surface area (Å²) in [6, 6.07) is 3.24. The Bertz CT molecular complexity index is 415. The lowest BCUT2D eigenvalue weighted by atomic mass is 9.80. The lowest BCUT2D eigenvalue weighted by molar-refractivity contribution is 0.426. The summed E-state index contributed by atoms with van der Waals surface area (Å²) in [5.74, 6) is -0.127. The van der Waals surface area contributed by atoms with Crippen LogP contribution >= 0.6 is 0 Å². The fraction of sp³-hybridized carbons (Fsp3) is 0.500. The molecule has 0 aromatic heterocycles. The van der Waals surface area contributed by atoms with Gasteiger partial charge in [-0.15, -0.1) is 0 Å². The maximum absolute atomic E-state index is 14.6. The molecule has 0 aliphatic rings. The van der Waals surface area contributed by atoms with E-state index in [0.717, 1.165) is 0 Å². The van der Waals surface area contributed by atoms with E-state index in [9.17, 15) is 14.4 Å². The molecule has 0 amide bonds. The van der Waals surface area contributed by atoms with Crippen LogP contribution in [0.5, 0.6) is 0 Å². The predicted molar refractivity (Wildman–Crippen MR) is 82.2 cm³/mol. The quantitative estimate of drug-likeness (QED) is 0.798. The van der Waals surface area contributed by atoms with Crippen LogP contribution in [0.25, 0.3) is 0 Å². The molecule has 2 nitrogen and oxygen atoms in total. The summed E-state index contributed by atoms with van der Waals surface area (Å²) >= 11 is 0. The van der Waals surface area contributed by atoms with Gasteiger partial charge in [-0.2, -0.15) is 0 Å². The van der Waals surface area contributed by atoms with E-state index in [4.69, 9.17) is 0 Å². The Balaban J connectivity index is 3.59. The molecule has 6 heteroatoms. The molecule has 0 aliphatic heterocycles. The maximum atomic E-state index is 14.6. The number of benzene rings is 1. The van der Waals surface area contributed by atoms with Crippen molar-refractivity contribution in [2.24, 2.45) is 0 Å². The molecule has 0 radical (unpaired) electrons. The molecule has 0 fully saturated rings. The van der Waals surface area contributed by atoms with Crippen LogP contribution in [-0.2, 0) is 0 Å². The fourth-order valence-electron chi connectivity index (χ4n) is 1.89. The Morgan fingerprint density at radius 1 is 0.889 bits per heavy atom. The predicted octanol–water partition coefficient (Wildman–Crippen LogP) is 0.596. The average Bonchev–Trinajstić information content (AvgIpc) is 2.13. The molecule has 0 saturated heterocycles. The van der Waals surface area contributed by atoms with E-state index in [0.29, 0.717) is 15.8 Å². The minimum Gasteiger partial charge on any atom is -0.423 e. The van der Waals surface area contributed by atoms with Gasteiger partial charge in [-0.25, -0.2) is 4.39 Å². The van der Waals surface area contributed by atoms with Gasteiger partial charge in [0.15, 0.2) is 0 Å². The Hall–Kier alpha value is -0.431. The van der Waals surface area contributed by atoms with Crippen LogP contribution in [0, 0.1) is 5.82 Å². The molecule has 0 bridgehead atoms. The summed E-state index contributed by atoms with van der Waals surface area (Å²) in [6.07, 6.45) is 0. The van der Waals surface area contributed by atoms with Gasteiger partial charge in [-0.3, -0.25) is 0 Å². The molecular weight excluding hydrogens is 262 g/mol. The molecule has 1 aromatic carbocycles. The first-order chi connectivity index (χ1) is 7.94. The van der Waals surface area contributed by atoms with Crippen molar-refractivity contribution in [2.75, 3.05) is 0 Å². The lowest BCUT2D eigenvalue weighted by Crippen LogP contribution is -2.53. The fourth-order valence-corrected chi connectivity index (χ4v) is 4.80. The zero-order chi connectivity index (χ0) is 14.3. The van der Waals surface area contributed by atoms with E-state index < -0.39 is 23.3 Å². The van der Waals surface area contributed by atoms with Crippen molar-refractivity contribution in [1.29, 1.82) is 0 Å². The SMILES string of the molecule is C[Si](C)(C)c1cc(B(O)O)cc([Si](C)(C)C)c1F. The van der Waals surface area contributed by atoms with Gasteiger partial charge in [0.2, 0.25) is 0 Å². The highest BCUT2D eigenvalue weighted by Crippen LogP contribution is 2.09. The molecule has 0 aliphatic carbocycles. The molecule has 100 valence electrons. The van der Waals surface area contributed by atoms with Crippen molar-refractivity contribution in [1.82, 2.24) is 0 Å². The van der Waals surface area contributed by atoms with E-state index in [1.54, 1.807) is 12.1 Å². The highest BCUT2D eigenvalue weighted by Gasteiger charge is 2.30. The smallest absolute Gasteiger partial charge is 0.423 e. The highest BCUT2D eigenvalue weighted by molar-refractivity contribution is 6.92. The number of hydrogen-bond donors (Lipinski definition) is 2. The van der Waals surface area contributed by atoms with Gasteiger partial charge in [-0.05, 0) is 15.8 Å². The van der Waals surface area contributed by atoms with Crippen molar-refractivity contribution in [3.63, 3.8) is 0 Å². The largest absolute Gasteiger partial charge is 0.488 e. The Morgan fingerprint density at radius 3 is 1.44 bits per heavy atom. The minimum absolute atomic E-state index is 0.127. The summed E-state index contributed by atoms with van der Waals surface area (Å²) in [4.78, 5) is 0. The van der Waals surface area contributed by atoms with Crippen LogP contribution in [0.1, 0.15) is 0 Å². The maximum Gasteiger partial charge on any atom is 0.488 e. The Labute approximate surface area is 111 Å². The summed E-state index contributed by atoms with van der Waals surface area (Å²) < 4.78 is 14.6. The van der Waals surface area contributed by atoms with Gasteiger partial charge in [0, 0.05) is 0 Å². The van der Waals surface area contributed by atoms with Crippen LogP contribution in [0.2, 0.25) is 39.3 Å². The second-order valence-corrected chi connectivity index (χ2v) is 16.9. The number of rotatable bonds is 3. The number of halogens is 1. The van der Waals surface area contributed by atoms with E-state index >= 15 is 0 Å². The molecular formula is C12H22BFO2Si2. The molecule has 1 rings (SSSR count). The third-order valence-electron chi connectivity index (χ3n) is 3.01. The van der Waals surface area contributed by atoms with Gasteiger partial charge in [0.25, 0.3) is 0 Å². The van der Waals surface area contributed by atoms with E-state index in [1.165, 1.54) is 0 Å². The molecule has 18 heavy (non-hydrogen) atoms. The van der Waals surface area contributed by atoms with Crippen molar-refractivity contribution < 1.29 is 14.4 Å². The second kappa shape index (κ2) is 4.92. The molecule has 0 unspecified atom stereocenters. The lowest BCUT2D eigenvalue weighted by Gasteiger charge is -2.25. The summed E-state index contributed by atoms with van der Waals surface area (Å²) in [6.45, 7) is 12.4. The van der Waals surface area contributed by atoms with Crippen molar-refractivity contribution in [2.45, 2.75) is 39.3 Å². The van der Waals surface area contributed by atoms with Gasteiger partial charge >= 0.3 is 7.12 Å². The van der Waals surface area contributed by atoms with Crippen LogP contribution in [0.3, 0.4) is 0 Å². The topological polar surface area (TPSA) is 40.5 Å². The highest BCUT2D eigenvalue weighted by atomic mass is 28.3. The third-order valence-corrected chi connectivity index (χ3v) is 6.97. The molecule has 1 aromatic rings. The normalized spacial score (nSPS) is 12.7. The van der Waals surface area contributed by atoms with E-state index in [2.05, 4.69) is 39.3 Å². The number of hydrogen-bond acceptors (Lipinski definition) is 2. The molecule has 0 saturated carbocycles. The Kier molecular flexibility index (Phi) is 4.27. The average molecular weight is 284 g/mol. The summed E-state index contributed by atoms with van der Waals surface area (Å²) in [5.41, 5.74) is 0.409. The zero-order valence-corrected chi connectivity index (χ0v) is 14.0. The third kappa shape index (κ3) is 3.32. The van der Waals surface area contributed by atoms with Crippen LogP contribution in [0.4, 0.5) is 4.39 Å². The zero-order valence-electron chi connectivity index (χ0n) is 12.0. The van der Waals surface area contributed by atoms with E-state index in [-0.39, 0.29) is 5.82 Å². The first kappa shape index (κ1) is 15.6. The standard InChI is InChI=1S/C12H22BFO2Si2/c1-17(2,3)10-7-9(13(15)16)8-11(12(10)14)18(4,5)6/h7-8,15-16H,1-6H3. The first-order valence-electron chi connectivity index (χ1n) is 6.15. The van der Waals surface area contributed by atoms with Gasteiger partial charge in [-0.1, -0.05) is 51.4 Å². The summed E-state index contributed by atoms with van der Waals surface area (Å²) in [7, 11) is -5.21. The van der Waals surface area contributed by atoms with Crippen molar-refractivity contribution in [3.05, 3.63) is 17.9 Å². The minimum atomic E-state index is -1.84. The molecule has 2 N–H and O–H groups in total. The summed E-state index contributed by atoms with van der Waals surface area (Å²) in [5, 5.41) is 20.1. The first-order valence-corrected chi connectivity index (χ1v) is 13.1. The van der Waals surface area contributed by atoms with Gasteiger partial charge < -0.3 is 10.0 Å². The Morgan fingerprint density at radius 2 is 1.22 bits per heavy atom.